The number of hydrogen-bond donors (Lipinski definition) is 3. The van der Waals surface area contributed by atoms with Crippen LogP contribution in [0.1, 0.15) is 50.2 Å². The van der Waals surface area contributed by atoms with Gasteiger partial charge in [0, 0.05) is 22.5 Å². The maximum Gasteiger partial charge on any atom is 0.407 e. The molecule has 0 radical (unpaired) electrons. The molecule has 160 valence electrons. The molecule has 0 saturated heterocycles. The third kappa shape index (κ3) is 4.94. The van der Waals surface area contributed by atoms with Crippen LogP contribution in [0, 0.1) is 12.7 Å². The molecule has 2 aromatic rings. The van der Waals surface area contributed by atoms with Crippen molar-refractivity contribution in [1.82, 2.24) is 15.3 Å². The maximum absolute atomic E-state index is 14.7. The Balaban J connectivity index is 0.00000155. The predicted octanol–water partition coefficient (Wildman–Crippen LogP) is 4.52. The second-order valence-electron chi connectivity index (χ2n) is 6.98. The van der Waals surface area contributed by atoms with E-state index >= 15 is 0 Å². The molecule has 2 heterocycles. The van der Waals surface area contributed by atoms with Gasteiger partial charge in [-0.3, -0.25) is 4.79 Å². The number of nitrogens with one attached hydrogen (secondary N) is 3. The molecule has 0 unspecified atom stereocenters. The lowest BCUT2D eigenvalue weighted by Crippen LogP contribution is -2.41. The number of hydrogen-bond acceptors (Lipinski definition) is 4. The molecule has 0 atom stereocenters. The highest BCUT2D eigenvalue weighted by atomic mass is 19.1. The van der Waals surface area contributed by atoms with Gasteiger partial charge in [-0.25, -0.2) is 14.2 Å². The second kappa shape index (κ2) is 9.39. The van der Waals surface area contributed by atoms with Gasteiger partial charge in [0.05, 0.1) is 30.2 Å². The van der Waals surface area contributed by atoms with Gasteiger partial charge in [0.2, 0.25) is 0 Å². The topological polar surface area (TPSA) is 96.1 Å². The number of fused-ring (bicyclic) bond motifs is 1. The summed E-state index contributed by atoms with van der Waals surface area (Å²) in [6, 6.07) is 2.82. The lowest BCUT2D eigenvalue weighted by atomic mass is 9.96. The summed E-state index contributed by atoms with van der Waals surface area (Å²) < 4.78 is 19.3. The smallest absolute Gasteiger partial charge is 0.407 e. The van der Waals surface area contributed by atoms with E-state index in [4.69, 9.17) is 0 Å². The molecule has 0 saturated carbocycles. The van der Waals surface area contributed by atoms with Gasteiger partial charge in [-0.15, -0.1) is 0 Å². The van der Waals surface area contributed by atoms with Gasteiger partial charge < -0.3 is 20.4 Å². The molecular formula is C22H27FN4O3. The van der Waals surface area contributed by atoms with E-state index in [1.165, 1.54) is 25.6 Å². The highest BCUT2D eigenvalue weighted by molar-refractivity contribution is 6.35. The number of nitrogens with zero attached hydrogens (tertiary/aromatic N) is 1. The van der Waals surface area contributed by atoms with E-state index in [1.54, 1.807) is 32.1 Å². The molecule has 7 nitrogen and oxygen atoms in total. The first kappa shape index (κ1) is 22.9. The zero-order chi connectivity index (χ0) is 22.5. The number of carbonyl (C=O) groups excluding carboxylic acids is 2. The van der Waals surface area contributed by atoms with Crippen LogP contribution >= 0.6 is 0 Å². The fourth-order valence-electron chi connectivity index (χ4n) is 2.89. The number of halogens is 1. The van der Waals surface area contributed by atoms with Gasteiger partial charge in [0.1, 0.15) is 5.82 Å². The summed E-state index contributed by atoms with van der Waals surface area (Å²) in [5, 5.41) is 5.40. The Hall–Kier alpha value is -3.42. The largest absolute Gasteiger partial charge is 0.453 e. The number of aromatic amines is 1. The fraction of sp³-hybridized carbons (Fsp3) is 0.318. The van der Waals surface area contributed by atoms with Crippen LogP contribution in [0.3, 0.4) is 0 Å². The quantitative estimate of drug-likeness (QED) is 0.641. The molecular weight excluding hydrogens is 387 g/mol. The summed E-state index contributed by atoms with van der Waals surface area (Å²) in [5.74, 6) is -0.811. The zero-order valence-electron chi connectivity index (χ0n) is 18.0. The van der Waals surface area contributed by atoms with E-state index < -0.39 is 17.4 Å². The Morgan fingerprint density at radius 1 is 1.30 bits per heavy atom. The van der Waals surface area contributed by atoms with Crippen molar-refractivity contribution in [2.24, 2.45) is 0 Å². The van der Waals surface area contributed by atoms with Crippen molar-refractivity contribution in [3.8, 4) is 0 Å². The van der Waals surface area contributed by atoms with Gasteiger partial charge in [-0.1, -0.05) is 26.0 Å². The number of alkyl carbamates (subject to hydrolysis) is 1. The molecule has 1 aliphatic heterocycles. The average molecular weight is 414 g/mol. The first-order valence-electron chi connectivity index (χ1n) is 9.63. The first-order valence-corrected chi connectivity index (χ1v) is 9.63. The van der Waals surface area contributed by atoms with Crippen molar-refractivity contribution in [2.75, 3.05) is 12.4 Å². The zero-order valence-corrected chi connectivity index (χ0v) is 18.0. The molecule has 1 aromatic heterocycles. The van der Waals surface area contributed by atoms with Crippen LogP contribution in [0.25, 0.3) is 17.7 Å². The Morgan fingerprint density at radius 3 is 2.60 bits per heavy atom. The number of methoxy groups -OCH3 is 1. The first-order chi connectivity index (χ1) is 14.2. The summed E-state index contributed by atoms with van der Waals surface area (Å²) in [4.78, 5) is 31.1. The molecule has 1 aromatic carbocycles. The fourth-order valence-corrected chi connectivity index (χ4v) is 2.89. The number of rotatable bonds is 4. The third-order valence-corrected chi connectivity index (χ3v) is 4.38. The number of anilines is 1. The summed E-state index contributed by atoms with van der Waals surface area (Å²) in [6.45, 7) is 9.32. The summed E-state index contributed by atoms with van der Waals surface area (Å²) >= 11 is 0. The van der Waals surface area contributed by atoms with Crippen LogP contribution in [0.5, 0.6) is 0 Å². The summed E-state index contributed by atoms with van der Waals surface area (Å²) in [7, 11) is 1.27. The highest BCUT2D eigenvalue weighted by Gasteiger charge is 2.29. The minimum absolute atomic E-state index is 0.245. The SMILES string of the molecule is CC.COC(=O)NC(C)(C)C=Cc1c(F)ccc2c1/C(=C/c1nc[nH]c1C)C(=O)N2. The van der Waals surface area contributed by atoms with Gasteiger partial charge in [-0.05, 0) is 39.0 Å². The second-order valence-corrected chi connectivity index (χ2v) is 6.98. The number of aryl methyl sites for hydroxylation is 1. The molecule has 0 spiro atoms. The molecule has 1 aliphatic rings. The normalized spacial score (nSPS) is 14.2. The number of carbonyl (C=O) groups is 2. The number of amides is 2. The minimum Gasteiger partial charge on any atom is -0.453 e. The van der Waals surface area contributed by atoms with Crippen molar-refractivity contribution in [1.29, 1.82) is 0 Å². The van der Waals surface area contributed by atoms with Crippen molar-refractivity contribution in [3.05, 3.63) is 52.9 Å². The standard InChI is InChI=1S/C20H21FN4O3.C2H6/c1-11-16(23-10-22-11)9-13-17-12(7-8-20(2,3)25-19(27)28-4)14(21)5-6-15(17)24-18(13)26;1-2/h5-10H,1-4H3,(H,22,23)(H,24,26)(H,25,27);1-2H3/b8-7?,13-9-;. The van der Waals surface area contributed by atoms with Crippen molar-refractivity contribution < 1.29 is 18.7 Å². The molecule has 3 rings (SSSR count). The third-order valence-electron chi connectivity index (χ3n) is 4.38. The highest BCUT2D eigenvalue weighted by Crippen LogP contribution is 2.38. The summed E-state index contributed by atoms with van der Waals surface area (Å²) in [5.41, 5.74) is 2.15. The van der Waals surface area contributed by atoms with E-state index in [0.717, 1.165) is 5.69 Å². The van der Waals surface area contributed by atoms with Gasteiger partial charge in [0.25, 0.3) is 5.91 Å². The lowest BCUT2D eigenvalue weighted by molar-refractivity contribution is -0.110. The van der Waals surface area contributed by atoms with Crippen LogP contribution in [0.4, 0.5) is 14.9 Å². The monoisotopic (exact) mass is 414 g/mol. The molecule has 2 amide bonds. The molecule has 8 heteroatoms. The molecule has 30 heavy (non-hydrogen) atoms. The van der Waals surface area contributed by atoms with Crippen LogP contribution in [-0.4, -0.2) is 34.6 Å². The van der Waals surface area contributed by atoms with Crippen LogP contribution in [0.15, 0.2) is 24.5 Å². The molecule has 0 aliphatic carbocycles. The maximum atomic E-state index is 14.7. The average Bonchev–Trinajstić information content (AvgIpc) is 3.25. The number of aromatic nitrogens is 2. The number of ether oxygens (including phenoxy) is 1. The van der Waals surface area contributed by atoms with Crippen LogP contribution in [0.2, 0.25) is 0 Å². The molecule has 0 bridgehead atoms. The van der Waals surface area contributed by atoms with E-state index in [1.807, 2.05) is 20.8 Å². The Kier molecular flexibility index (Phi) is 7.15. The van der Waals surface area contributed by atoms with E-state index in [2.05, 4.69) is 25.3 Å². The number of benzene rings is 1. The van der Waals surface area contributed by atoms with Crippen LogP contribution < -0.4 is 10.6 Å². The Bertz CT molecular complexity index is 1010. The van der Waals surface area contributed by atoms with Crippen molar-refractivity contribution >= 4 is 35.4 Å². The van der Waals surface area contributed by atoms with E-state index in [-0.39, 0.29) is 11.5 Å². The number of H-pyrrole nitrogens is 1. The van der Waals surface area contributed by atoms with Gasteiger partial charge >= 0.3 is 6.09 Å². The van der Waals surface area contributed by atoms with Crippen LogP contribution in [-0.2, 0) is 9.53 Å². The molecule has 3 N–H and O–H groups in total. The van der Waals surface area contributed by atoms with E-state index in [0.29, 0.717) is 22.5 Å². The molecule has 0 fully saturated rings. The van der Waals surface area contributed by atoms with Crippen molar-refractivity contribution in [3.63, 3.8) is 0 Å². The van der Waals surface area contributed by atoms with Gasteiger partial charge in [0.15, 0.2) is 0 Å². The minimum atomic E-state index is -0.791. The Morgan fingerprint density at radius 2 is 2.00 bits per heavy atom. The van der Waals surface area contributed by atoms with Crippen molar-refractivity contribution in [2.45, 2.75) is 40.2 Å². The van der Waals surface area contributed by atoms with Gasteiger partial charge in [-0.2, -0.15) is 0 Å². The Labute approximate surface area is 175 Å². The predicted molar refractivity (Wildman–Crippen MR) is 116 cm³/mol. The van der Waals surface area contributed by atoms with E-state index in [9.17, 15) is 14.0 Å². The summed E-state index contributed by atoms with van der Waals surface area (Å²) in [6.07, 6.45) is 5.75. The number of imidazole rings is 1. The lowest BCUT2D eigenvalue weighted by Gasteiger charge is -2.21.